The normalized spacial score (nSPS) is 11.0. The standard InChI is InChI=1S/C22H23F3N2O5S/c1-14(28)15-4-9-19(31-3)16(10-15)12-33-13-21(30)27(2)11-20(29)26-17-5-7-18(8-6-17)32-22(23,24)25/h4-10H,11-13H2,1-3H3,(H,26,29). The van der Waals surface area contributed by atoms with Crippen molar-refractivity contribution in [2.45, 2.75) is 19.0 Å². The zero-order valence-corrected chi connectivity index (χ0v) is 19.0. The number of alkyl halides is 3. The lowest BCUT2D eigenvalue weighted by Gasteiger charge is -2.17. The topological polar surface area (TPSA) is 84.9 Å². The molecule has 0 aliphatic heterocycles. The molecule has 33 heavy (non-hydrogen) atoms. The fourth-order valence-corrected chi connectivity index (χ4v) is 3.66. The Kier molecular flexibility index (Phi) is 9.15. The molecule has 2 aromatic carbocycles. The van der Waals surface area contributed by atoms with Gasteiger partial charge in [-0.3, -0.25) is 14.4 Å². The van der Waals surface area contributed by atoms with E-state index in [2.05, 4.69) is 10.1 Å². The molecule has 0 atom stereocenters. The maximum Gasteiger partial charge on any atom is 0.573 e. The van der Waals surface area contributed by atoms with Gasteiger partial charge in [0.05, 0.1) is 19.4 Å². The van der Waals surface area contributed by atoms with E-state index in [0.717, 1.165) is 17.7 Å². The summed E-state index contributed by atoms with van der Waals surface area (Å²) in [4.78, 5) is 37.3. The number of nitrogens with one attached hydrogen (secondary N) is 1. The van der Waals surface area contributed by atoms with Crippen molar-refractivity contribution in [3.63, 3.8) is 0 Å². The van der Waals surface area contributed by atoms with Crippen LogP contribution < -0.4 is 14.8 Å². The molecule has 0 radical (unpaired) electrons. The molecule has 0 saturated carbocycles. The largest absolute Gasteiger partial charge is 0.573 e. The number of carbonyl (C=O) groups excluding carboxylic acids is 3. The van der Waals surface area contributed by atoms with Gasteiger partial charge in [0.15, 0.2) is 5.78 Å². The molecular formula is C22H23F3N2O5S. The van der Waals surface area contributed by atoms with Crippen molar-refractivity contribution in [3.05, 3.63) is 53.6 Å². The van der Waals surface area contributed by atoms with Crippen molar-refractivity contribution < 1.29 is 37.0 Å². The van der Waals surface area contributed by atoms with E-state index in [1.54, 1.807) is 18.2 Å². The Hall–Kier alpha value is -3.21. The predicted molar refractivity (Wildman–Crippen MR) is 119 cm³/mol. The van der Waals surface area contributed by atoms with Crippen LogP contribution in [0.15, 0.2) is 42.5 Å². The van der Waals surface area contributed by atoms with Crippen molar-refractivity contribution in [2.24, 2.45) is 0 Å². The number of methoxy groups -OCH3 is 1. The third-order valence-electron chi connectivity index (χ3n) is 4.35. The van der Waals surface area contributed by atoms with Gasteiger partial charge in [0, 0.05) is 29.6 Å². The van der Waals surface area contributed by atoms with Crippen LogP contribution in [0.2, 0.25) is 0 Å². The van der Waals surface area contributed by atoms with Gasteiger partial charge in [0.2, 0.25) is 11.8 Å². The number of hydrogen-bond acceptors (Lipinski definition) is 6. The third-order valence-corrected chi connectivity index (χ3v) is 5.31. The fourth-order valence-electron chi connectivity index (χ4n) is 2.71. The van der Waals surface area contributed by atoms with Gasteiger partial charge in [-0.2, -0.15) is 0 Å². The summed E-state index contributed by atoms with van der Waals surface area (Å²) in [5.74, 6) is -0.131. The first kappa shape index (κ1) is 26.0. The van der Waals surface area contributed by atoms with Crippen LogP contribution in [0.4, 0.5) is 18.9 Å². The third kappa shape index (κ3) is 8.68. The summed E-state index contributed by atoms with van der Waals surface area (Å²) in [7, 11) is 2.99. The Bertz CT molecular complexity index is 997. The Labute approximate surface area is 193 Å². The molecule has 0 heterocycles. The lowest BCUT2D eigenvalue weighted by Crippen LogP contribution is -2.36. The second-order valence-corrected chi connectivity index (χ2v) is 7.93. The number of likely N-dealkylation sites (N-methyl/N-ethyl adjacent to an activating group) is 1. The minimum Gasteiger partial charge on any atom is -0.496 e. The van der Waals surface area contributed by atoms with Crippen LogP contribution in [0.25, 0.3) is 0 Å². The van der Waals surface area contributed by atoms with Gasteiger partial charge >= 0.3 is 6.36 Å². The highest BCUT2D eigenvalue weighted by atomic mass is 32.2. The van der Waals surface area contributed by atoms with Crippen LogP contribution in [0.3, 0.4) is 0 Å². The predicted octanol–water partition coefficient (Wildman–Crippen LogP) is 4.13. The number of Topliss-reactive ketones (excluding diaryl/α,β-unsaturated/α-hetero) is 1. The van der Waals surface area contributed by atoms with E-state index in [0.29, 0.717) is 17.1 Å². The maximum absolute atomic E-state index is 12.3. The summed E-state index contributed by atoms with van der Waals surface area (Å²) in [6, 6.07) is 9.77. The van der Waals surface area contributed by atoms with E-state index in [1.807, 2.05) is 0 Å². The summed E-state index contributed by atoms with van der Waals surface area (Å²) < 4.78 is 45.6. The highest BCUT2D eigenvalue weighted by molar-refractivity contribution is 7.99. The van der Waals surface area contributed by atoms with E-state index in [9.17, 15) is 27.6 Å². The van der Waals surface area contributed by atoms with Crippen LogP contribution in [0.5, 0.6) is 11.5 Å². The number of amides is 2. The maximum atomic E-state index is 12.3. The summed E-state index contributed by atoms with van der Waals surface area (Å²) in [5.41, 5.74) is 1.59. The zero-order chi connectivity index (χ0) is 24.6. The quantitative estimate of drug-likeness (QED) is 0.511. The second kappa shape index (κ2) is 11.6. The Balaban J connectivity index is 1.83. The summed E-state index contributed by atoms with van der Waals surface area (Å²) >= 11 is 1.31. The number of halogens is 3. The Morgan fingerprint density at radius 3 is 2.33 bits per heavy atom. The molecule has 1 N–H and O–H groups in total. The van der Waals surface area contributed by atoms with E-state index in [-0.39, 0.29) is 29.7 Å². The molecule has 0 unspecified atom stereocenters. The first-order valence-electron chi connectivity index (χ1n) is 9.63. The SMILES string of the molecule is COc1ccc(C(C)=O)cc1CSCC(=O)N(C)CC(=O)Nc1ccc(OC(F)(F)F)cc1. The molecular weight excluding hydrogens is 461 g/mol. The number of ketones is 1. The molecule has 7 nitrogen and oxygen atoms in total. The van der Waals surface area contributed by atoms with Crippen molar-refractivity contribution in [3.8, 4) is 11.5 Å². The minimum atomic E-state index is -4.80. The van der Waals surface area contributed by atoms with Crippen molar-refractivity contribution >= 4 is 35.0 Å². The van der Waals surface area contributed by atoms with Crippen LogP contribution in [0, 0.1) is 0 Å². The molecule has 11 heteroatoms. The van der Waals surface area contributed by atoms with Gasteiger partial charge < -0.3 is 19.7 Å². The molecule has 0 saturated heterocycles. The lowest BCUT2D eigenvalue weighted by molar-refractivity contribution is -0.274. The fraction of sp³-hybridized carbons (Fsp3) is 0.318. The molecule has 2 aromatic rings. The average molecular weight is 484 g/mol. The lowest BCUT2D eigenvalue weighted by atomic mass is 10.1. The molecule has 0 spiro atoms. The molecule has 0 aliphatic carbocycles. The highest BCUT2D eigenvalue weighted by Gasteiger charge is 2.31. The number of thioether (sulfide) groups is 1. The van der Waals surface area contributed by atoms with Gasteiger partial charge in [-0.1, -0.05) is 0 Å². The van der Waals surface area contributed by atoms with E-state index in [4.69, 9.17) is 4.74 Å². The summed E-state index contributed by atoms with van der Waals surface area (Å²) in [5, 5.41) is 2.51. The summed E-state index contributed by atoms with van der Waals surface area (Å²) in [6.45, 7) is 1.23. The monoisotopic (exact) mass is 484 g/mol. The van der Waals surface area contributed by atoms with Crippen molar-refractivity contribution in [2.75, 3.05) is 31.8 Å². The van der Waals surface area contributed by atoms with Crippen LogP contribution in [-0.4, -0.2) is 55.3 Å². The van der Waals surface area contributed by atoms with Crippen LogP contribution in [-0.2, 0) is 15.3 Å². The number of rotatable bonds is 10. The molecule has 0 fully saturated rings. The van der Waals surface area contributed by atoms with Crippen molar-refractivity contribution in [1.29, 1.82) is 0 Å². The van der Waals surface area contributed by atoms with E-state index < -0.39 is 18.0 Å². The van der Waals surface area contributed by atoms with Crippen LogP contribution >= 0.6 is 11.8 Å². The van der Waals surface area contributed by atoms with E-state index in [1.165, 1.54) is 49.9 Å². The van der Waals surface area contributed by atoms with Gasteiger partial charge in [0.1, 0.15) is 11.5 Å². The molecule has 0 aliphatic rings. The van der Waals surface area contributed by atoms with Gasteiger partial charge in [-0.05, 0) is 49.4 Å². The second-order valence-electron chi connectivity index (χ2n) is 6.95. The first-order valence-corrected chi connectivity index (χ1v) is 10.8. The molecule has 0 bridgehead atoms. The molecule has 0 aromatic heterocycles. The Morgan fingerprint density at radius 1 is 1.09 bits per heavy atom. The van der Waals surface area contributed by atoms with Gasteiger partial charge in [-0.25, -0.2) is 0 Å². The van der Waals surface area contributed by atoms with Crippen molar-refractivity contribution in [1.82, 2.24) is 4.90 Å². The first-order chi connectivity index (χ1) is 15.5. The number of ether oxygens (including phenoxy) is 2. The minimum absolute atomic E-state index is 0.0757. The van der Waals surface area contributed by atoms with Gasteiger partial charge in [0.25, 0.3) is 0 Å². The molecule has 2 amide bonds. The number of hydrogen-bond donors (Lipinski definition) is 1. The van der Waals surface area contributed by atoms with Crippen LogP contribution in [0.1, 0.15) is 22.8 Å². The number of benzene rings is 2. The smallest absolute Gasteiger partial charge is 0.496 e. The number of carbonyl (C=O) groups is 3. The number of anilines is 1. The molecule has 178 valence electrons. The Morgan fingerprint density at radius 2 is 1.76 bits per heavy atom. The summed E-state index contributed by atoms with van der Waals surface area (Å²) in [6.07, 6.45) is -4.80. The highest BCUT2D eigenvalue weighted by Crippen LogP contribution is 2.25. The van der Waals surface area contributed by atoms with E-state index >= 15 is 0 Å². The zero-order valence-electron chi connectivity index (χ0n) is 18.2. The molecule has 2 rings (SSSR count). The average Bonchev–Trinajstić information content (AvgIpc) is 2.73. The van der Waals surface area contributed by atoms with Gasteiger partial charge in [-0.15, -0.1) is 24.9 Å². The number of nitrogens with zero attached hydrogens (tertiary/aromatic N) is 1.